The number of nitriles is 1. The average molecular weight is 500 g/mol. The fraction of sp³-hybridized carbons (Fsp3) is 0.409. The van der Waals surface area contributed by atoms with Gasteiger partial charge in [-0.05, 0) is 50.3 Å². The van der Waals surface area contributed by atoms with Gasteiger partial charge < -0.3 is 15.4 Å². The Bertz CT molecular complexity index is 1100. The highest BCUT2D eigenvalue weighted by atomic mass is 35.5. The zero-order chi connectivity index (χ0) is 24.2. The molecule has 6 nitrogen and oxygen atoms in total. The lowest BCUT2D eigenvalue weighted by Gasteiger charge is -2.35. The number of aryl methyl sites for hydroxylation is 1. The normalized spacial score (nSPS) is 15.4. The average Bonchev–Trinajstić information content (AvgIpc) is 2.91. The molecule has 1 amide bonds. The van der Waals surface area contributed by atoms with Gasteiger partial charge in [-0.2, -0.15) is 18.4 Å². The largest absolute Gasteiger partial charge is 0.463 e. The van der Waals surface area contributed by atoms with Crippen LogP contribution in [0.25, 0.3) is 0 Å². The first-order valence-electron chi connectivity index (χ1n) is 10.3. The third kappa shape index (κ3) is 4.94. The van der Waals surface area contributed by atoms with Gasteiger partial charge in [0.1, 0.15) is 11.1 Å². The van der Waals surface area contributed by atoms with Crippen molar-refractivity contribution in [2.45, 2.75) is 50.9 Å². The molecule has 33 heavy (non-hydrogen) atoms. The Morgan fingerprint density at radius 3 is 2.55 bits per heavy atom. The predicted molar refractivity (Wildman–Crippen MR) is 118 cm³/mol. The summed E-state index contributed by atoms with van der Waals surface area (Å²) < 4.78 is 48.2. The Hall–Kier alpha value is -2.77. The molecule has 0 fully saturated rings. The molecule has 0 spiro atoms. The number of halogens is 4. The van der Waals surface area contributed by atoms with Crippen LogP contribution < -0.4 is 10.6 Å². The minimum atomic E-state index is -5.32. The highest BCUT2D eigenvalue weighted by molar-refractivity contribution is 7.16. The van der Waals surface area contributed by atoms with E-state index in [0.29, 0.717) is 18.4 Å². The number of carbonyl (C=O) groups is 2. The van der Waals surface area contributed by atoms with E-state index in [1.54, 1.807) is 5.32 Å². The maximum Gasteiger partial charge on any atom is 0.441 e. The summed E-state index contributed by atoms with van der Waals surface area (Å²) in [7, 11) is 0. The Labute approximate surface area is 197 Å². The van der Waals surface area contributed by atoms with Crippen LogP contribution in [0.3, 0.4) is 0 Å². The summed E-state index contributed by atoms with van der Waals surface area (Å²) >= 11 is 6.96. The quantitative estimate of drug-likeness (QED) is 0.323. The standard InChI is InChI=1S/C22H21ClF3N3O3S/c1-2-32-20(31)21(22(24,25)26,28-18(30)14-9-6-7-10-16(14)23)29-19-15(12-27)13-8-4-3-5-11-17(13)33-19/h6-7,9-10,29H,2-5,8,11H2,1H3,(H,28,30)/t21-/m1/s1. The molecule has 0 radical (unpaired) electrons. The van der Waals surface area contributed by atoms with E-state index >= 15 is 0 Å². The summed E-state index contributed by atoms with van der Waals surface area (Å²) in [6.45, 7) is 0.995. The van der Waals surface area contributed by atoms with E-state index in [1.807, 2.05) is 6.07 Å². The zero-order valence-electron chi connectivity index (χ0n) is 17.6. The van der Waals surface area contributed by atoms with Crippen molar-refractivity contribution in [3.8, 4) is 6.07 Å². The van der Waals surface area contributed by atoms with Crippen molar-refractivity contribution in [3.05, 3.63) is 50.9 Å². The molecule has 3 rings (SSSR count). The number of alkyl halides is 3. The van der Waals surface area contributed by atoms with Crippen molar-refractivity contribution >= 4 is 39.8 Å². The summed E-state index contributed by atoms with van der Waals surface area (Å²) in [5.41, 5.74) is -3.16. The van der Waals surface area contributed by atoms with Gasteiger partial charge in [-0.1, -0.05) is 30.2 Å². The Kier molecular flexibility index (Phi) is 7.55. The molecule has 1 atom stereocenters. The highest BCUT2D eigenvalue weighted by Crippen LogP contribution is 2.41. The third-order valence-corrected chi connectivity index (χ3v) is 6.80. The van der Waals surface area contributed by atoms with Crippen LogP contribution in [-0.4, -0.2) is 30.3 Å². The minimum absolute atomic E-state index is 0.0433. The monoisotopic (exact) mass is 499 g/mol. The number of esters is 1. The molecule has 1 aliphatic carbocycles. The van der Waals surface area contributed by atoms with Crippen LogP contribution in [-0.2, 0) is 22.4 Å². The van der Waals surface area contributed by atoms with Crippen LogP contribution in [0.1, 0.15) is 52.5 Å². The first kappa shape index (κ1) is 24.9. The summed E-state index contributed by atoms with van der Waals surface area (Å²) in [6.07, 6.45) is -1.52. The number of carbonyl (C=O) groups excluding carboxylic acids is 2. The molecular formula is C22H21ClF3N3O3S. The van der Waals surface area contributed by atoms with Gasteiger partial charge in [0.2, 0.25) is 0 Å². The Morgan fingerprint density at radius 1 is 1.21 bits per heavy atom. The molecule has 0 saturated heterocycles. The fourth-order valence-corrected chi connectivity index (χ4v) is 5.15. The van der Waals surface area contributed by atoms with Crippen LogP contribution in [0.2, 0.25) is 5.02 Å². The highest BCUT2D eigenvalue weighted by Gasteiger charge is 2.64. The van der Waals surface area contributed by atoms with Crippen molar-refractivity contribution in [1.29, 1.82) is 5.26 Å². The number of amides is 1. The molecule has 0 bridgehead atoms. The maximum absolute atomic E-state index is 14.5. The van der Waals surface area contributed by atoms with Crippen molar-refractivity contribution in [2.24, 2.45) is 0 Å². The van der Waals surface area contributed by atoms with Gasteiger partial charge in [-0.15, -0.1) is 11.3 Å². The van der Waals surface area contributed by atoms with Gasteiger partial charge in [-0.3, -0.25) is 4.79 Å². The van der Waals surface area contributed by atoms with Crippen LogP contribution in [0.4, 0.5) is 18.2 Å². The minimum Gasteiger partial charge on any atom is -0.463 e. The van der Waals surface area contributed by atoms with Crippen LogP contribution in [0, 0.1) is 11.3 Å². The van der Waals surface area contributed by atoms with Crippen LogP contribution in [0.15, 0.2) is 24.3 Å². The summed E-state index contributed by atoms with van der Waals surface area (Å²) in [6, 6.07) is 7.48. The van der Waals surface area contributed by atoms with Crippen molar-refractivity contribution in [1.82, 2.24) is 5.32 Å². The molecule has 1 aromatic heterocycles. The molecule has 2 aromatic rings. The van der Waals surface area contributed by atoms with E-state index in [4.69, 9.17) is 16.3 Å². The molecule has 1 aromatic carbocycles. The van der Waals surface area contributed by atoms with Gasteiger partial charge in [0, 0.05) is 4.88 Å². The number of anilines is 1. The van der Waals surface area contributed by atoms with Gasteiger partial charge in [0.15, 0.2) is 0 Å². The SMILES string of the molecule is CCOC(=O)[C@@](NC(=O)c1ccccc1Cl)(Nc1sc2c(c1C#N)CCCCC2)C(F)(F)F. The number of nitrogens with one attached hydrogen (secondary N) is 2. The van der Waals surface area contributed by atoms with E-state index in [1.165, 1.54) is 31.2 Å². The van der Waals surface area contributed by atoms with Gasteiger partial charge in [0.05, 0.1) is 22.8 Å². The molecule has 0 unspecified atom stereocenters. The number of fused-ring (bicyclic) bond motifs is 1. The van der Waals surface area contributed by atoms with Crippen molar-refractivity contribution in [2.75, 3.05) is 11.9 Å². The second-order valence-electron chi connectivity index (χ2n) is 7.41. The number of ether oxygens (including phenoxy) is 1. The lowest BCUT2D eigenvalue weighted by molar-refractivity contribution is -0.204. The molecule has 1 heterocycles. The van der Waals surface area contributed by atoms with E-state index in [2.05, 4.69) is 5.32 Å². The van der Waals surface area contributed by atoms with E-state index in [0.717, 1.165) is 35.5 Å². The molecule has 11 heteroatoms. The number of hydrogen-bond acceptors (Lipinski definition) is 6. The topological polar surface area (TPSA) is 91.2 Å². The predicted octanol–water partition coefficient (Wildman–Crippen LogP) is 5.21. The number of nitrogens with zero attached hydrogens (tertiary/aromatic N) is 1. The number of rotatable bonds is 6. The van der Waals surface area contributed by atoms with Crippen LogP contribution >= 0.6 is 22.9 Å². The van der Waals surface area contributed by atoms with Gasteiger partial charge in [0.25, 0.3) is 5.91 Å². The number of hydrogen-bond donors (Lipinski definition) is 2. The number of benzene rings is 1. The van der Waals surface area contributed by atoms with Crippen LogP contribution in [0.5, 0.6) is 0 Å². The number of thiophene rings is 1. The van der Waals surface area contributed by atoms with E-state index in [-0.39, 0.29) is 27.8 Å². The van der Waals surface area contributed by atoms with Gasteiger partial charge >= 0.3 is 17.8 Å². The first-order valence-corrected chi connectivity index (χ1v) is 11.5. The molecule has 0 saturated carbocycles. The maximum atomic E-state index is 14.5. The lowest BCUT2D eigenvalue weighted by atomic mass is 10.0. The molecule has 1 aliphatic rings. The second-order valence-corrected chi connectivity index (χ2v) is 8.92. The molecular weight excluding hydrogens is 479 g/mol. The Morgan fingerprint density at radius 2 is 1.91 bits per heavy atom. The third-order valence-electron chi connectivity index (χ3n) is 5.26. The molecule has 176 valence electrons. The van der Waals surface area contributed by atoms with E-state index < -0.39 is 23.7 Å². The first-order chi connectivity index (χ1) is 15.6. The van der Waals surface area contributed by atoms with E-state index in [9.17, 15) is 28.0 Å². The van der Waals surface area contributed by atoms with Crippen molar-refractivity contribution < 1.29 is 27.5 Å². The molecule has 0 aliphatic heterocycles. The Balaban J connectivity index is 2.11. The molecule has 2 N–H and O–H groups in total. The lowest BCUT2D eigenvalue weighted by Crippen LogP contribution is -2.69. The van der Waals surface area contributed by atoms with Gasteiger partial charge in [-0.25, -0.2) is 4.79 Å². The van der Waals surface area contributed by atoms with Crippen molar-refractivity contribution in [3.63, 3.8) is 0 Å². The summed E-state index contributed by atoms with van der Waals surface area (Å²) in [5, 5.41) is 13.4. The second kappa shape index (κ2) is 10.0. The zero-order valence-corrected chi connectivity index (χ0v) is 19.2. The fourth-order valence-electron chi connectivity index (χ4n) is 3.63. The summed E-state index contributed by atoms with van der Waals surface area (Å²) in [4.78, 5) is 26.3. The smallest absolute Gasteiger partial charge is 0.441 e. The summed E-state index contributed by atoms with van der Waals surface area (Å²) in [5.74, 6) is -2.97.